The molecule has 3 saturated heterocycles. The number of rotatable bonds is 19. The second-order valence-corrected chi connectivity index (χ2v) is 20.9. The van der Waals surface area contributed by atoms with Crippen LogP contribution in [0.15, 0.2) is 0 Å². The highest BCUT2D eigenvalue weighted by Gasteiger charge is 2.58. The van der Waals surface area contributed by atoms with Gasteiger partial charge < -0.3 is 86.8 Å². The third-order valence-electron chi connectivity index (χ3n) is 9.63. The fourth-order valence-corrected chi connectivity index (χ4v) is 7.53. The SMILES string of the molecule is CC(=O)OC[C@H]1O[C@@H](OC[C@H]2O[C@H](O)[C@@H](O[C@@H]3O[C@H](COC(C)=O)[C@@H](OC(C)=O)[C@H](OC(C)=O)[C@H]3NC(=O)OCC(Cl)(Cl)Cl)[C@@H](OC(C)=O)[C@@H]2OC(C)=O)[C@H](NC(=O)OCC(Cl)(Cl)Cl)[C@@H](OC(C)=O)[C@@H]1OC(C)=O. The summed E-state index contributed by atoms with van der Waals surface area (Å²) in [6.45, 7) is 3.63. The van der Waals surface area contributed by atoms with Crippen molar-refractivity contribution in [2.75, 3.05) is 33.0 Å². The van der Waals surface area contributed by atoms with Gasteiger partial charge >= 0.3 is 59.9 Å². The van der Waals surface area contributed by atoms with Crippen molar-refractivity contribution in [3.63, 3.8) is 0 Å². The van der Waals surface area contributed by atoms with Crippen molar-refractivity contribution in [2.24, 2.45) is 0 Å². The van der Waals surface area contributed by atoms with Crippen molar-refractivity contribution in [1.29, 1.82) is 0 Å². The molecule has 3 aliphatic rings. The van der Waals surface area contributed by atoms with Crippen molar-refractivity contribution in [3.05, 3.63) is 0 Å². The normalized spacial score (nSPS) is 29.9. The number of alkyl carbamates (subject to hydrolysis) is 2. The fourth-order valence-electron chi connectivity index (χ4n) is 7.20. The van der Waals surface area contributed by atoms with E-state index >= 15 is 0 Å². The Bertz CT molecular complexity index is 2030. The molecule has 3 rings (SSSR count). The second kappa shape index (κ2) is 28.8. The Balaban J connectivity index is 2.17. The Morgan fingerprint density at radius 2 is 0.743 bits per heavy atom. The van der Waals surface area contributed by atoms with Gasteiger partial charge in [-0.25, -0.2) is 9.59 Å². The number of aliphatic hydroxyl groups excluding tert-OH is 1. The number of esters is 8. The zero-order chi connectivity index (χ0) is 56.0. The number of halogens is 6. The van der Waals surface area contributed by atoms with E-state index in [2.05, 4.69) is 10.6 Å². The number of alkyl halides is 6. The first-order valence-electron chi connectivity index (χ1n) is 21.5. The minimum absolute atomic E-state index is 0.691. The number of ether oxygens (including phenoxy) is 15. The van der Waals surface area contributed by atoms with Crippen LogP contribution in [0.1, 0.15) is 55.4 Å². The van der Waals surface area contributed by atoms with Gasteiger partial charge in [-0.3, -0.25) is 38.4 Å². The van der Waals surface area contributed by atoms with Crippen LogP contribution in [-0.2, 0) is 109 Å². The number of aliphatic hydroxyl groups is 1. The molecule has 0 aromatic heterocycles. The Morgan fingerprint density at radius 3 is 1.11 bits per heavy atom. The van der Waals surface area contributed by atoms with E-state index in [1.54, 1.807) is 0 Å². The molecule has 3 N–H and O–H groups in total. The topological polar surface area (TPSA) is 353 Å². The Kier molecular flexibility index (Phi) is 24.9. The van der Waals surface area contributed by atoms with Crippen LogP contribution in [0.4, 0.5) is 9.59 Å². The zero-order valence-corrected chi connectivity index (χ0v) is 44.7. The minimum Gasteiger partial charge on any atom is -0.463 e. The molecule has 15 atom stereocenters. The maximum atomic E-state index is 13.2. The van der Waals surface area contributed by atoms with Gasteiger partial charge in [-0.05, 0) is 0 Å². The molecule has 3 fully saturated rings. The van der Waals surface area contributed by atoms with Crippen LogP contribution >= 0.6 is 69.6 Å². The van der Waals surface area contributed by atoms with Crippen LogP contribution < -0.4 is 10.6 Å². The van der Waals surface area contributed by atoms with Gasteiger partial charge in [-0.1, -0.05) is 69.6 Å². The van der Waals surface area contributed by atoms with E-state index < -0.39 is 193 Å². The first-order valence-corrected chi connectivity index (χ1v) is 23.7. The average Bonchev–Trinajstić information content (AvgIpc) is 3.24. The van der Waals surface area contributed by atoms with E-state index in [1.807, 2.05) is 0 Å². The standard InChI is InChI=1S/C40H52Cl6N2O26/c1-14(49)60-9-23-27(65-16(3)51)30(68-19(6)54)25(47-37(58)63-12-39(41,42)43)35(72-23)62-11-22-29(67-18(5)53)32(70-21(8)56)33(34(57)71-22)74-36-26(48-38(59)64-13-40(44,45)46)31(69-20(7)55)28(66-17(4)52)24(73-36)10-61-15(2)50/h22-36,57H,9-13H2,1-8H3,(H,47,58)(H,48,59)/t22-,23-,24-,25-,26-,27-,28-,29-,30-,31-,32+,33+,34+,35-,36+/m1/s1. The molecule has 2 amide bonds. The van der Waals surface area contributed by atoms with Gasteiger partial charge in [-0.2, -0.15) is 0 Å². The molecule has 0 aliphatic carbocycles. The number of hydrogen-bond acceptors (Lipinski definition) is 26. The summed E-state index contributed by atoms with van der Waals surface area (Å²) in [5.41, 5.74) is 0. The Morgan fingerprint density at radius 1 is 0.419 bits per heavy atom. The molecular weight excluding hydrogens is 1140 g/mol. The number of hydrogen-bond donors (Lipinski definition) is 3. The molecule has 3 heterocycles. The lowest BCUT2D eigenvalue weighted by atomic mass is 9.95. The molecule has 28 nitrogen and oxygen atoms in total. The van der Waals surface area contributed by atoms with E-state index in [1.165, 1.54) is 0 Å². The summed E-state index contributed by atoms with van der Waals surface area (Å²) in [5, 5.41) is 16.3. The van der Waals surface area contributed by atoms with Gasteiger partial charge in [0.2, 0.25) is 7.59 Å². The van der Waals surface area contributed by atoms with E-state index in [-0.39, 0.29) is 0 Å². The highest BCUT2D eigenvalue weighted by molar-refractivity contribution is 6.68. The first kappa shape index (κ1) is 64.1. The molecule has 74 heavy (non-hydrogen) atoms. The second-order valence-electron chi connectivity index (χ2n) is 15.9. The quantitative estimate of drug-likeness (QED) is 0.0929. The van der Waals surface area contributed by atoms with Crippen LogP contribution in [0.2, 0.25) is 0 Å². The van der Waals surface area contributed by atoms with Crippen LogP contribution in [0.3, 0.4) is 0 Å². The van der Waals surface area contributed by atoms with Crippen LogP contribution in [0.5, 0.6) is 0 Å². The average molecular weight is 1190 g/mol. The molecule has 0 aromatic carbocycles. The van der Waals surface area contributed by atoms with Gasteiger partial charge in [-0.15, -0.1) is 0 Å². The van der Waals surface area contributed by atoms with Gasteiger partial charge in [0.05, 0.1) is 6.61 Å². The van der Waals surface area contributed by atoms with Crippen molar-refractivity contribution >= 4 is 130 Å². The minimum atomic E-state index is -2.33. The smallest absolute Gasteiger partial charge is 0.407 e. The molecule has 34 heteroatoms. The molecule has 0 unspecified atom stereocenters. The lowest BCUT2D eigenvalue weighted by Gasteiger charge is -2.49. The van der Waals surface area contributed by atoms with Crippen molar-refractivity contribution in [3.8, 4) is 0 Å². The van der Waals surface area contributed by atoms with E-state index in [9.17, 15) is 53.1 Å². The fraction of sp³-hybridized carbons (Fsp3) is 0.750. The largest absolute Gasteiger partial charge is 0.463 e. The van der Waals surface area contributed by atoms with Gasteiger partial charge in [0.1, 0.15) is 56.8 Å². The summed E-state index contributed by atoms with van der Waals surface area (Å²) < 4.78 is 79.0. The zero-order valence-electron chi connectivity index (χ0n) is 40.1. The third-order valence-corrected chi connectivity index (χ3v) is 10.3. The van der Waals surface area contributed by atoms with Crippen LogP contribution in [-0.4, -0.2) is 198 Å². The third kappa shape index (κ3) is 21.4. The number of nitrogens with one attached hydrogen (secondary N) is 2. The molecule has 0 radical (unpaired) electrons. The lowest BCUT2D eigenvalue weighted by molar-refractivity contribution is -0.354. The maximum absolute atomic E-state index is 13.2. The monoisotopic (exact) mass is 1190 g/mol. The first-order chi connectivity index (χ1) is 34.2. The highest BCUT2D eigenvalue weighted by atomic mass is 35.6. The van der Waals surface area contributed by atoms with Crippen LogP contribution in [0, 0.1) is 0 Å². The van der Waals surface area contributed by atoms with Gasteiger partial charge in [0.15, 0.2) is 61.6 Å². The molecular formula is C40H52Cl6N2O26. The maximum Gasteiger partial charge on any atom is 0.407 e. The molecule has 0 bridgehead atoms. The molecule has 0 spiro atoms. The van der Waals surface area contributed by atoms with Crippen molar-refractivity contribution in [1.82, 2.24) is 10.6 Å². The molecule has 0 saturated carbocycles. The van der Waals surface area contributed by atoms with E-state index in [4.69, 9.17) is 141 Å². The summed E-state index contributed by atoms with van der Waals surface area (Å²) >= 11 is 34.5. The highest BCUT2D eigenvalue weighted by Crippen LogP contribution is 2.36. The lowest BCUT2D eigenvalue weighted by Crippen LogP contribution is -2.69. The molecule has 420 valence electrons. The summed E-state index contributed by atoms with van der Waals surface area (Å²) in [5.74, 6) is -7.91. The van der Waals surface area contributed by atoms with Crippen molar-refractivity contribution in [2.45, 2.75) is 155 Å². The molecule has 0 aromatic rings. The van der Waals surface area contributed by atoms with E-state index in [0.29, 0.717) is 0 Å². The summed E-state index contributed by atoms with van der Waals surface area (Å²) in [4.78, 5) is 126. The number of amides is 2. The Hall–Kier alpha value is -4.20. The summed E-state index contributed by atoms with van der Waals surface area (Å²) in [6, 6.07) is -3.65. The summed E-state index contributed by atoms with van der Waals surface area (Å²) in [6.07, 6.45) is -27.0. The van der Waals surface area contributed by atoms with Crippen LogP contribution in [0.25, 0.3) is 0 Å². The van der Waals surface area contributed by atoms with Gasteiger partial charge in [0, 0.05) is 55.4 Å². The predicted molar refractivity (Wildman–Crippen MR) is 243 cm³/mol. The molecule has 3 aliphatic heterocycles. The van der Waals surface area contributed by atoms with E-state index in [0.717, 1.165) is 55.4 Å². The number of carbonyl (C=O) groups is 10. The number of carbonyl (C=O) groups excluding carboxylic acids is 10. The predicted octanol–water partition coefficient (Wildman–Crippen LogP) is 1.20. The summed E-state index contributed by atoms with van der Waals surface area (Å²) in [7, 11) is 0. The van der Waals surface area contributed by atoms with Gasteiger partial charge in [0.25, 0.3) is 0 Å². The Labute approximate surface area is 450 Å². The van der Waals surface area contributed by atoms with Crippen molar-refractivity contribution < 1.29 is 124 Å².